The molecule has 0 aromatic heterocycles. The number of aliphatic hydroxyl groups excluding tert-OH is 1. The maximum atomic E-state index is 11.7. The fourth-order valence-electron chi connectivity index (χ4n) is 3.37. The molecular formula is C29H46N2O11. The van der Waals surface area contributed by atoms with Gasteiger partial charge in [0.05, 0.1) is 47.7 Å². The molecule has 0 radical (unpaired) electrons. The van der Waals surface area contributed by atoms with Gasteiger partial charge in [0, 0.05) is 62.9 Å². The van der Waals surface area contributed by atoms with Gasteiger partial charge in [0.2, 0.25) is 0 Å². The second-order valence-corrected chi connectivity index (χ2v) is 7.73. The van der Waals surface area contributed by atoms with Crippen molar-refractivity contribution >= 4 is 35.3 Å². The first-order valence-electron chi connectivity index (χ1n) is 12.3. The molecule has 0 atom stereocenters. The quantitative estimate of drug-likeness (QED) is 0.117. The van der Waals surface area contributed by atoms with Crippen molar-refractivity contribution in [3.8, 4) is 23.3 Å². The van der Waals surface area contributed by atoms with Crippen LogP contribution in [0, 0.1) is 11.8 Å². The molecule has 0 fully saturated rings. The van der Waals surface area contributed by atoms with Gasteiger partial charge in [0.15, 0.2) is 0 Å². The van der Waals surface area contributed by atoms with Crippen molar-refractivity contribution in [1.82, 2.24) is 0 Å². The van der Waals surface area contributed by atoms with Gasteiger partial charge >= 0.3 is 23.9 Å². The molecule has 13 heteroatoms. The van der Waals surface area contributed by atoms with Crippen molar-refractivity contribution in [1.29, 1.82) is 0 Å². The van der Waals surface area contributed by atoms with E-state index in [1.54, 1.807) is 6.07 Å². The molecule has 2 heterocycles. The Morgan fingerprint density at radius 3 is 1.86 bits per heavy atom. The Balaban J connectivity index is -0.000000136. The van der Waals surface area contributed by atoms with Crippen LogP contribution in [0.25, 0.3) is 0 Å². The first-order chi connectivity index (χ1) is 20.2. The molecule has 0 unspecified atom stereocenters. The highest BCUT2D eigenvalue weighted by Gasteiger charge is 2.19. The van der Waals surface area contributed by atoms with Crippen LogP contribution in [-0.2, 0) is 51.0 Å². The number of ether oxygens (including phenoxy) is 6. The van der Waals surface area contributed by atoms with Crippen LogP contribution in [0.15, 0.2) is 48.2 Å². The van der Waals surface area contributed by atoms with E-state index in [0.717, 1.165) is 55.4 Å². The Kier molecular flexibility index (Phi) is 15.7. The summed E-state index contributed by atoms with van der Waals surface area (Å²) in [4.78, 5) is 43.4. The van der Waals surface area contributed by atoms with E-state index in [0.29, 0.717) is 12.3 Å². The largest absolute Gasteiger partial charge is 0.493 e. The fourth-order valence-corrected chi connectivity index (χ4v) is 3.37. The van der Waals surface area contributed by atoms with E-state index >= 15 is 0 Å². The van der Waals surface area contributed by atoms with Gasteiger partial charge < -0.3 is 44.6 Å². The number of hydrogen-bond donors (Lipinski definition) is 3. The van der Waals surface area contributed by atoms with Gasteiger partial charge in [0.1, 0.15) is 17.2 Å². The van der Waals surface area contributed by atoms with Crippen LogP contribution >= 0.6 is 0 Å². The Labute approximate surface area is 252 Å². The van der Waals surface area contributed by atoms with Crippen LogP contribution in [0.3, 0.4) is 0 Å². The normalized spacial score (nSPS) is 11.5. The van der Waals surface area contributed by atoms with Crippen LogP contribution in [0.1, 0.15) is 19.7 Å². The Morgan fingerprint density at radius 2 is 1.36 bits per heavy atom. The molecule has 13 nitrogen and oxygen atoms in total. The molecule has 4 N–H and O–H groups in total. The predicted octanol–water partition coefficient (Wildman–Crippen LogP) is 2.89. The Morgan fingerprint density at radius 1 is 0.833 bits per heavy atom. The van der Waals surface area contributed by atoms with Crippen LogP contribution in [0.4, 0.5) is 11.4 Å². The lowest BCUT2D eigenvalue weighted by molar-refractivity contribution is -0.138. The van der Waals surface area contributed by atoms with Gasteiger partial charge in [-0.15, -0.1) is 0 Å². The number of rotatable bonds is 4. The van der Waals surface area contributed by atoms with E-state index in [1.165, 1.54) is 34.0 Å². The number of carbonyl (C=O) groups is 4. The van der Waals surface area contributed by atoms with E-state index in [-0.39, 0.29) is 14.3 Å². The van der Waals surface area contributed by atoms with Crippen molar-refractivity contribution in [3.63, 3.8) is 0 Å². The smallest absolute Gasteiger partial charge is 0.384 e. The molecule has 0 spiro atoms. The minimum Gasteiger partial charge on any atom is -0.493 e. The average molecular weight is 599 g/mol. The SMILES string of the molecule is CO.COC(=O)/C=C(\Nc1cccc2c1CCO2)C(=O)OC.COC(=O)C#CC(=O)OC.Nc1cccc2c1CCO2.[HH].[HH].[HH].[HH].[HH].[HH]. The third-order valence-electron chi connectivity index (χ3n) is 5.30. The maximum Gasteiger partial charge on any atom is 0.384 e. The zero-order valence-electron chi connectivity index (χ0n) is 24.0. The lowest BCUT2D eigenvalue weighted by atomic mass is 10.1. The minimum absolute atomic E-state index is 0. The molecule has 0 saturated heterocycles. The molecule has 238 valence electrons. The van der Waals surface area contributed by atoms with Crippen LogP contribution in [-0.4, -0.2) is 77.7 Å². The van der Waals surface area contributed by atoms with Crippen molar-refractivity contribution in [2.45, 2.75) is 12.8 Å². The number of benzene rings is 2. The number of fused-ring (bicyclic) bond motifs is 2. The minimum atomic E-state index is -0.759. The lowest BCUT2D eigenvalue weighted by Crippen LogP contribution is -2.16. The zero-order valence-corrected chi connectivity index (χ0v) is 24.0. The van der Waals surface area contributed by atoms with Gasteiger partial charge in [-0.25, -0.2) is 19.2 Å². The highest BCUT2D eigenvalue weighted by Crippen LogP contribution is 2.32. The van der Waals surface area contributed by atoms with Gasteiger partial charge in [-0.2, -0.15) is 0 Å². The van der Waals surface area contributed by atoms with Gasteiger partial charge in [0.25, 0.3) is 0 Å². The summed E-state index contributed by atoms with van der Waals surface area (Å²) in [5.74, 6) is 2.73. The number of aliphatic hydroxyl groups is 1. The van der Waals surface area contributed by atoms with Crippen molar-refractivity contribution in [2.24, 2.45) is 0 Å². The Hall–Kier alpha value is -5.22. The number of anilines is 2. The standard InChI is InChI=1S/C14H15NO5.C8H9NO.C6H6O4.CH4O.6H2/c1-18-13(16)8-11(14(17)19-2)15-10-4-3-5-12-9(10)6-7-20-12;9-7-2-1-3-8-6(7)4-5-10-8;1-9-5(7)3-4-6(8)10-2;1-2;;;;;;/h3-5,8,15H,6-7H2,1-2H3;1-3H,4-5,9H2;1-2H3;2H,1H3;6*1H/b11-8-;;;;;;;;;. The molecular weight excluding hydrogens is 552 g/mol. The second kappa shape index (κ2) is 19.0. The third kappa shape index (κ3) is 11.1. The van der Waals surface area contributed by atoms with Gasteiger partial charge in [-0.1, -0.05) is 12.1 Å². The molecule has 2 aliphatic heterocycles. The fraction of sp³-hybridized carbons (Fsp3) is 0.310. The summed E-state index contributed by atoms with van der Waals surface area (Å²) in [6.07, 6.45) is 2.76. The highest BCUT2D eigenvalue weighted by molar-refractivity contribution is 5.99. The van der Waals surface area contributed by atoms with E-state index < -0.39 is 23.9 Å². The van der Waals surface area contributed by atoms with E-state index in [2.05, 4.69) is 24.3 Å². The monoisotopic (exact) mass is 598 g/mol. The summed E-state index contributed by atoms with van der Waals surface area (Å²) in [5, 5.41) is 9.90. The number of nitrogens with one attached hydrogen (secondary N) is 1. The van der Waals surface area contributed by atoms with Crippen LogP contribution in [0.5, 0.6) is 11.5 Å². The zero-order chi connectivity index (χ0) is 31.5. The Bertz CT molecular complexity index is 1330. The molecule has 0 aliphatic carbocycles. The molecule has 0 saturated carbocycles. The number of methoxy groups -OCH3 is 4. The predicted molar refractivity (Wildman–Crippen MR) is 164 cm³/mol. The molecule has 2 aromatic rings. The first kappa shape index (κ1) is 34.8. The van der Waals surface area contributed by atoms with Crippen LogP contribution in [0.2, 0.25) is 0 Å². The summed E-state index contributed by atoms with van der Waals surface area (Å²) < 4.78 is 28.1. The number of esters is 4. The van der Waals surface area contributed by atoms with Crippen molar-refractivity contribution in [3.05, 3.63) is 59.3 Å². The highest BCUT2D eigenvalue weighted by atomic mass is 16.5. The summed E-state index contributed by atoms with van der Waals surface area (Å²) >= 11 is 0. The molecule has 2 aliphatic rings. The molecule has 4 rings (SSSR count). The lowest BCUT2D eigenvalue weighted by Gasteiger charge is -2.11. The average Bonchev–Trinajstić information content (AvgIpc) is 3.71. The topological polar surface area (TPSA) is 182 Å². The van der Waals surface area contributed by atoms with Gasteiger partial charge in [-0.3, -0.25) is 0 Å². The second-order valence-electron chi connectivity index (χ2n) is 7.73. The maximum absolute atomic E-state index is 11.7. The third-order valence-corrected chi connectivity index (χ3v) is 5.30. The number of nitrogen functional groups attached to an aromatic ring is 1. The molecule has 2 aromatic carbocycles. The number of nitrogens with two attached hydrogens (primary N) is 1. The van der Waals surface area contributed by atoms with E-state index in [1.807, 2.05) is 42.2 Å². The van der Waals surface area contributed by atoms with Gasteiger partial charge in [-0.05, 0) is 24.3 Å². The summed E-state index contributed by atoms with van der Waals surface area (Å²) in [6, 6.07) is 11.3. The first-order valence-corrected chi connectivity index (χ1v) is 12.3. The number of hydrogen-bond acceptors (Lipinski definition) is 13. The summed E-state index contributed by atoms with van der Waals surface area (Å²) in [7, 11) is 5.83. The summed E-state index contributed by atoms with van der Waals surface area (Å²) in [5.41, 5.74) is 9.40. The molecule has 42 heavy (non-hydrogen) atoms. The van der Waals surface area contributed by atoms with Crippen LogP contribution < -0.4 is 20.5 Å². The van der Waals surface area contributed by atoms with Crippen molar-refractivity contribution in [2.75, 3.05) is 59.8 Å². The summed E-state index contributed by atoms with van der Waals surface area (Å²) in [6.45, 7) is 1.38. The number of carbonyl (C=O) groups excluding carboxylic acids is 4. The molecule has 0 amide bonds. The van der Waals surface area contributed by atoms with E-state index in [9.17, 15) is 19.2 Å². The van der Waals surface area contributed by atoms with E-state index in [4.69, 9.17) is 20.3 Å². The van der Waals surface area contributed by atoms with Crippen molar-refractivity contribution < 1.29 is 61.3 Å². The molecule has 0 bridgehead atoms.